The van der Waals surface area contributed by atoms with Crippen LogP contribution >= 0.6 is 0 Å². The third-order valence-corrected chi connectivity index (χ3v) is 27.3. The van der Waals surface area contributed by atoms with Crippen LogP contribution in [-0.2, 0) is 40.7 Å². The van der Waals surface area contributed by atoms with Crippen molar-refractivity contribution in [3.8, 4) is 59.0 Å². The number of aromatic nitrogens is 12. The van der Waals surface area contributed by atoms with Gasteiger partial charge in [0.05, 0.1) is 94.1 Å². The number of pyridine rings is 3. The number of hydrogen-bond acceptors (Lipinski definition) is 32. The summed E-state index contributed by atoms with van der Waals surface area (Å²) in [5, 5.41) is 42.5. The summed E-state index contributed by atoms with van der Waals surface area (Å²) in [6, 6.07) is 36.9. The number of carbonyl (C=O) groups is 2. The molecule has 14 aromatic rings. The van der Waals surface area contributed by atoms with Gasteiger partial charge < -0.3 is 86.1 Å². The van der Waals surface area contributed by atoms with Crippen molar-refractivity contribution in [3.05, 3.63) is 186 Å². The molecule has 0 spiro atoms. The molecule has 5 aliphatic rings. The number of aromatic amines is 3. The van der Waals surface area contributed by atoms with Crippen LogP contribution in [0, 0.1) is 69.2 Å². The summed E-state index contributed by atoms with van der Waals surface area (Å²) in [6.45, 7) is 16.3. The molecule has 798 valence electrons. The van der Waals surface area contributed by atoms with Gasteiger partial charge >= 0.3 is 24.2 Å². The normalized spacial score (nSPS) is 20.5. The minimum absolute atomic E-state index is 0.00777. The van der Waals surface area contributed by atoms with Gasteiger partial charge in [-0.3, -0.25) is 9.80 Å². The maximum Gasteiger partial charge on any atom is 0.414 e. The second-order valence-corrected chi connectivity index (χ2v) is 39.8. The molecule has 8 atom stereocenters. The third kappa shape index (κ3) is 21.7. The SMILES string of the molecule is CC[C@@H]1CNCC[C@H]1N.CN(C(=O)OC(C)(C)C)c1cc(F)cc2c1[nH]c1nc(Oc3ccc(C#N)nc3)nc(N3C[C@H]4C[C@@H]3C[C@H]4N)c12.CNc1cc(F)cc2c1[nH]c1nc(Oc3ccc(C#N)nc3)nc(N3C[C@H]4C[C@@H]3C[C@H]4N)c12.COc1ccc(CS(=O)(=O)c2nc(S(=O)(=O)Cc3ccc(OC)cc3)c3c(n2)[nH]c2c(N(C)C(=O)OC(C)(C)C)cc(F)cc23)cc1.N#Cc1ccc(O)cn1.[2H][2H].[2H][2H].[2H][2H].[2H][2H].[2H][2H].[2H][2H].[2H][2H].[2H][2H].[2H][2H].[2H][2H].[2H][2H].[2H][2H].[2H][2H].[2H][2H].[2H][2H].[2H][2H].[2H][2H].[2H][2H].[2H][2H].[2H][2H].[2H][2H].[2H][2H].[2H][2H].[2H][2H].[2H][2H].[2H][2H].[2H][2H].[2H][2H].[2H][2H].[2H][2H].[2H][2H].[2H][2H].[2H][2H].[2H][2H].[2H][2H].[2H][2H].[2H][2H].[2H][2H].[2H][2H].[2H][2H]. The number of benzene rings is 5. The first-order chi connectivity index (χ1) is 106. The highest BCUT2D eigenvalue weighted by atomic mass is 32.2. The maximum absolute atomic E-state index is 15.2. The largest absolute Gasteiger partial charge is 0.506 e. The second kappa shape index (κ2) is 40.2. The number of rotatable bonds is 18. The van der Waals surface area contributed by atoms with E-state index in [4.69, 9.17) is 195 Å². The Balaban J connectivity index is -0.0000000822. The minimum Gasteiger partial charge on any atom is -0.506 e. The Kier molecular flexibility index (Phi) is 17.1. The minimum atomic E-state index is -4.39. The number of nitriles is 3. The number of nitrogens with one attached hydrogen (secondary N) is 5. The van der Waals surface area contributed by atoms with Crippen LogP contribution in [0.15, 0.2) is 150 Å². The van der Waals surface area contributed by atoms with Crippen LogP contribution in [0.5, 0.6) is 40.8 Å². The van der Waals surface area contributed by atoms with E-state index < -0.39 is 76.4 Å². The summed E-state index contributed by atoms with van der Waals surface area (Å²) in [4.78, 5) is 80.9. The smallest absolute Gasteiger partial charge is 0.414 e. The first-order valence-electron chi connectivity index (χ1n) is 84.3. The molecule has 19 rings (SSSR count). The number of nitrogens with two attached hydrogens (primary N) is 3. The fourth-order valence-corrected chi connectivity index (χ4v) is 20.3. The molecule has 5 fully saturated rings. The molecule has 42 heteroatoms. The maximum atomic E-state index is 15.2. The lowest BCUT2D eigenvalue weighted by Gasteiger charge is -2.31. The van der Waals surface area contributed by atoms with E-state index in [1.165, 1.54) is 94.6 Å². The number of carbonyl (C=O) groups excluding carboxylic acids is 2. The van der Waals surface area contributed by atoms with E-state index in [1.54, 1.807) is 121 Å². The van der Waals surface area contributed by atoms with Crippen LogP contribution in [0.3, 0.4) is 0 Å². The molecule has 138 heavy (non-hydrogen) atoms. The van der Waals surface area contributed by atoms with Crippen molar-refractivity contribution >= 4 is 126 Å². The van der Waals surface area contributed by atoms with E-state index in [9.17, 15) is 30.8 Å². The van der Waals surface area contributed by atoms with E-state index in [1.807, 2.05) is 18.2 Å². The van der Waals surface area contributed by atoms with Crippen molar-refractivity contribution in [1.82, 2.24) is 65.1 Å². The number of piperidine rings is 3. The molecule has 37 nitrogen and oxygen atoms in total. The predicted octanol–water partition coefficient (Wildman–Crippen LogP) is 24.3. The second-order valence-electron chi connectivity index (χ2n) is 36.1. The van der Waals surface area contributed by atoms with E-state index in [0.717, 1.165) is 85.6 Å². The van der Waals surface area contributed by atoms with E-state index in [0.29, 0.717) is 126 Å². The number of H-pyrrole nitrogens is 3. The third-order valence-electron chi connectivity index (χ3n) is 24.2. The Morgan fingerprint density at radius 3 is 1.36 bits per heavy atom. The van der Waals surface area contributed by atoms with Gasteiger partial charge in [-0.2, -0.15) is 35.7 Å². The van der Waals surface area contributed by atoms with Gasteiger partial charge in [-0.05, 0) is 213 Å². The monoisotopic (exact) mass is 2080 g/mol. The van der Waals surface area contributed by atoms with Gasteiger partial charge in [0, 0.05) is 199 Å². The highest BCUT2D eigenvalue weighted by molar-refractivity contribution is 7.91. The van der Waals surface area contributed by atoms with Gasteiger partial charge in [0.2, 0.25) is 19.7 Å². The molecule has 3 saturated heterocycles. The lowest BCUT2D eigenvalue weighted by molar-refractivity contribution is 0.0579. The molecule has 2 saturated carbocycles. The summed E-state index contributed by atoms with van der Waals surface area (Å²) in [7, 11) is -1.11. The van der Waals surface area contributed by atoms with Gasteiger partial charge in [-0.15, -0.1) is 0 Å². The molecule has 0 unspecified atom stereocenters. The number of nitrogens with zero attached hydrogens (tertiary/aromatic N) is 16. The van der Waals surface area contributed by atoms with Crippen LogP contribution in [0.4, 0.5) is 51.5 Å². The lowest BCUT2D eigenvalue weighted by atomic mass is 9.92. The molecule has 0 radical (unpaired) electrons. The number of halogens is 3. The molecule has 2 aliphatic carbocycles. The first-order valence-corrected chi connectivity index (χ1v) is 47.6. The first kappa shape index (κ1) is 58.5. The predicted molar refractivity (Wildman–Crippen MR) is 597 cm³/mol. The topological polar surface area (TPSA) is 528 Å². The quantitative estimate of drug-likeness (QED) is 0.0284. The van der Waals surface area contributed by atoms with E-state index in [-0.39, 0.29) is 81.1 Å². The molecule has 2 amide bonds. The zero-order chi connectivity index (χ0) is 179. The van der Waals surface area contributed by atoms with Crippen molar-refractivity contribution in [3.63, 3.8) is 0 Å². The molecular weight excluding hydrogens is 1820 g/mol. The number of fused-ring (bicyclic) bond motifs is 13. The highest BCUT2D eigenvalue weighted by Gasteiger charge is 2.47. The number of anilines is 5. The highest BCUT2D eigenvalue weighted by Crippen LogP contribution is 2.48. The van der Waals surface area contributed by atoms with Crippen LogP contribution in [-0.4, -0.2) is 197 Å². The van der Waals surface area contributed by atoms with E-state index in [2.05, 4.69) is 77.2 Å². The molecule has 9 aromatic heterocycles. The number of aromatic hydroxyl groups is 1. The standard InChI is InChI=1S/C32H33FN4O8S2.C28H29FN8O3.C23H21FN8O.C7H16N2.C6H4N2O.40H2/c1-32(2,3)45-31(38)37(4)25-16-21(33)15-24-26-28(34-27(24)25)35-30(47(41,42)18-20-9-13-23(44-6)14-10-20)36-29(26)46(39,40)17-19-7-11-22(43-5)12-8-19;1-28(2,3)40-27(38)36(4)21-9-15(29)8-19-22-24(33-23(19)21)34-26(39-18-6-5-16(11-30)32-12-18)35-25(22)37-13-14-7-17(37)10-20(14)31;1-27-18-6-12(24)5-16-19-21(29-20(16)18)30-23(33-15-3-2-13(8-25)28-9-15)31-22(19)32-10-11-4-14(32)7-17(11)26;1-2-6-5-9-4-3-7(6)8;7-3-5-1-2-6(9)4-8-5;;;;;;;;;;;;;;;;;;;;;;;;;;;;;;;;;;;;;;;;/h7-16H,17-18H2,1-6H3,(H,34,35,36);5-6,8-9,12,14,17,20H,7,10,13,31H2,1-4H3,(H,33,34,35);2-3,5-6,9,11,14,17,27H,4,7,10,26H2,1H3,(H,29,30,31);6-7,9H,2-5,8H2,1H3;1-2,4,9H;40*1H/t;14-,17-,20-;11-,14-,17-;6-,7-;;;;;;;;;;;;;;;;;;;;;;;;;;;;;;;;;;;;;;;;;/m.111........................................./s1/i;;;;;40*1+1D. The number of sulfone groups is 2. The summed E-state index contributed by atoms with van der Waals surface area (Å²) >= 11 is 0. The molecular formula is C96H183F3N24O13S2. The fourth-order valence-electron chi connectivity index (χ4n) is 17.5. The molecule has 5 aromatic carbocycles. The van der Waals surface area contributed by atoms with Crippen LogP contribution in [0.25, 0.3) is 65.8 Å². The Morgan fingerprint density at radius 2 is 0.978 bits per heavy atom. The van der Waals surface area contributed by atoms with E-state index >= 15 is 8.78 Å². The Bertz CT molecular complexity index is 7500. The summed E-state index contributed by atoms with van der Waals surface area (Å²) in [5.74, 6) is 1.90. The number of amides is 2. The summed E-state index contributed by atoms with van der Waals surface area (Å²) in [5.41, 5.74) is 21.6. The number of methoxy groups -OCH3 is 2. The van der Waals surface area contributed by atoms with Gasteiger partial charge in [0.15, 0.2) is 5.03 Å². The van der Waals surface area contributed by atoms with Crippen molar-refractivity contribution in [2.75, 3.05) is 86.5 Å². The van der Waals surface area contributed by atoms with Crippen LogP contribution in [0.2, 0.25) is 0 Å². The van der Waals surface area contributed by atoms with Crippen LogP contribution in [0.1, 0.15) is 234 Å². The summed E-state index contributed by atoms with van der Waals surface area (Å²) < 4.78 is 533. The van der Waals surface area contributed by atoms with Gasteiger partial charge in [-0.1, -0.05) is 37.6 Å². The van der Waals surface area contributed by atoms with Crippen molar-refractivity contribution in [2.24, 2.45) is 35.0 Å². The van der Waals surface area contributed by atoms with Gasteiger partial charge in [0.1, 0.15) is 121 Å². The zero-order valence-electron chi connectivity index (χ0n) is 158. The molecule has 12 heterocycles. The van der Waals surface area contributed by atoms with Gasteiger partial charge in [-0.25, -0.2) is 64.5 Å². The Morgan fingerprint density at radius 1 is 0.558 bits per heavy atom. The zero-order valence-corrected chi connectivity index (χ0v) is 79.2. The Hall–Kier alpha value is -14.9. The average molecular weight is 2080 g/mol. The summed E-state index contributed by atoms with van der Waals surface area (Å²) in [6.07, 6.45) is 8.76. The van der Waals surface area contributed by atoms with Crippen LogP contribution < -0.4 is 66.4 Å². The van der Waals surface area contributed by atoms with Gasteiger partial charge in [0.25, 0.3) is 5.16 Å². The molecule has 12 N–H and O–H groups in total. The number of hydrogen-bond donors (Lipinski definition) is 9. The average Bonchev–Trinajstić information content (AvgIpc) is 1.58. The fraction of sp³-hybridized carbons (Fsp3) is 0.354. The van der Waals surface area contributed by atoms with Crippen molar-refractivity contribution in [1.29, 1.82) is 15.8 Å². The molecule has 3 aliphatic heterocycles. The molecule has 4 bridgehead atoms. The number of ether oxygens (including phenoxy) is 6. The Labute approximate surface area is 915 Å². The lowest BCUT2D eigenvalue weighted by Crippen LogP contribution is -2.44. The van der Waals surface area contributed by atoms with Crippen molar-refractivity contribution < 1.29 is 192 Å². The van der Waals surface area contributed by atoms with Crippen molar-refractivity contribution in [2.45, 2.75) is 150 Å².